The maximum Gasteiger partial charge on any atom is 0.0512 e. The molecule has 2 atom stereocenters. The topological polar surface area (TPSA) is 68.1 Å². The molecule has 1 aliphatic rings. The van der Waals surface area contributed by atoms with Crippen LogP contribution in [0.2, 0.25) is 0 Å². The highest BCUT2D eigenvalue weighted by Crippen LogP contribution is 2.18. The van der Waals surface area contributed by atoms with Gasteiger partial charge in [-0.3, -0.25) is 0 Å². The summed E-state index contributed by atoms with van der Waals surface area (Å²) in [6.45, 7) is 6.53. The summed E-state index contributed by atoms with van der Waals surface area (Å²) in [6, 6.07) is 0. The minimum Gasteiger partial charge on any atom is -0.396 e. The fraction of sp³-hybridized carbons (Fsp3) is 0.727. The molecule has 0 aromatic carbocycles. The van der Waals surface area contributed by atoms with Crippen molar-refractivity contribution in [3.8, 4) is 0 Å². The molecular formula is C11H21N3O. The second kappa shape index (κ2) is 6.00. The van der Waals surface area contributed by atoms with Gasteiger partial charge in [-0.05, 0) is 25.6 Å². The lowest BCUT2D eigenvalue weighted by Gasteiger charge is -2.20. The van der Waals surface area contributed by atoms with Gasteiger partial charge in [0.2, 0.25) is 0 Å². The third-order valence-corrected chi connectivity index (χ3v) is 2.98. The summed E-state index contributed by atoms with van der Waals surface area (Å²) >= 11 is 0. The van der Waals surface area contributed by atoms with Crippen LogP contribution < -0.4 is 10.6 Å². The molecule has 0 aliphatic carbocycles. The number of hydrogen-bond acceptors (Lipinski definition) is 4. The fourth-order valence-electron chi connectivity index (χ4n) is 1.93. The van der Waals surface area contributed by atoms with Gasteiger partial charge in [0.25, 0.3) is 0 Å². The molecule has 4 nitrogen and oxygen atoms in total. The molecule has 2 unspecified atom stereocenters. The summed E-state index contributed by atoms with van der Waals surface area (Å²) in [5.41, 5.74) is 1.38. The molecular weight excluding hydrogens is 190 g/mol. The molecule has 4 N–H and O–H groups in total. The molecule has 0 bridgehead atoms. The van der Waals surface area contributed by atoms with Gasteiger partial charge in [-0.25, -0.2) is 0 Å². The van der Waals surface area contributed by atoms with Crippen molar-refractivity contribution < 1.29 is 5.11 Å². The lowest BCUT2D eigenvalue weighted by Crippen LogP contribution is -2.29. The number of aliphatic hydroxyl groups is 1. The Kier molecular flexibility index (Phi) is 4.94. The molecule has 0 saturated carbocycles. The summed E-state index contributed by atoms with van der Waals surface area (Å²) in [4.78, 5) is 0. The number of rotatable bonds is 6. The Labute approximate surface area is 91.3 Å². The van der Waals surface area contributed by atoms with Crippen molar-refractivity contribution in [1.82, 2.24) is 10.6 Å². The van der Waals surface area contributed by atoms with E-state index in [9.17, 15) is 5.11 Å². The van der Waals surface area contributed by atoms with E-state index >= 15 is 0 Å². The van der Waals surface area contributed by atoms with Crippen LogP contribution in [0.15, 0.2) is 12.2 Å². The maximum atomic E-state index is 9.21. The fourth-order valence-corrected chi connectivity index (χ4v) is 1.93. The molecule has 0 aromatic rings. The highest BCUT2D eigenvalue weighted by molar-refractivity contribution is 5.99. The molecule has 0 amide bonds. The standard InChI is InChI=1S/C11H21N3O/c1-8(10(7-15)5-13-2)11(12)9-3-4-14-6-9/h9-10,12-15H,1,3-7H2,2H3. The molecule has 1 fully saturated rings. The van der Waals surface area contributed by atoms with Crippen LogP contribution in [0.4, 0.5) is 0 Å². The van der Waals surface area contributed by atoms with Crippen LogP contribution in [0, 0.1) is 17.2 Å². The van der Waals surface area contributed by atoms with Crippen molar-refractivity contribution in [1.29, 1.82) is 5.41 Å². The van der Waals surface area contributed by atoms with Crippen molar-refractivity contribution in [2.75, 3.05) is 33.3 Å². The average molecular weight is 211 g/mol. The van der Waals surface area contributed by atoms with Gasteiger partial charge in [0, 0.05) is 30.6 Å². The first-order valence-electron chi connectivity index (χ1n) is 5.44. The first kappa shape index (κ1) is 12.4. The third kappa shape index (κ3) is 3.12. The second-order valence-electron chi connectivity index (χ2n) is 4.07. The molecule has 0 aromatic heterocycles. The van der Waals surface area contributed by atoms with Crippen molar-refractivity contribution in [2.45, 2.75) is 6.42 Å². The maximum absolute atomic E-state index is 9.21. The van der Waals surface area contributed by atoms with E-state index in [0.717, 1.165) is 25.1 Å². The van der Waals surface area contributed by atoms with Crippen molar-refractivity contribution in [2.24, 2.45) is 11.8 Å². The molecule has 86 valence electrons. The predicted molar refractivity (Wildman–Crippen MR) is 62.3 cm³/mol. The summed E-state index contributed by atoms with van der Waals surface area (Å²) in [5, 5.41) is 23.5. The Bertz CT molecular complexity index is 234. The zero-order chi connectivity index (χ0) is 11.3. The smallest absolute Gasteiger partial charge is 0.0512 e. The zero-order valence-corrected chi connectivity index (χ0v) is 9.34. The van der Waals surface area contributed by atoms with Gasteiger partial charge >= 0.3 is 0 Å². The third-order valence-electron chi connectivity index (χ3n) is 2.98. The molecule has 1 aliphatic heterocycles. The second-order valence-corrected chi connectivity index (χ2v) is 4.07. The number of aliphatic hydroxyl groups excluding tert-OH is 1. The van der Waals surface area contributed by atoms with Crippen molar-refractivity contribution >= 4 is 5.71 Å². The van der Waals surface area contributed by atoms with Gasteiger partial charge in [-0.1, -0.05) is 6.58 Å². The molecule has 4 heteroatoms. The summed E-state index contributed by atoms with van der Waals surface area (Å²) < 4.78 is 0. The van der Waals surface area contributed by atoms with E-state index in [1.807, 2.05) is 7.05 Å². The van der Waals surface area contributed by atoms with Crippen LogP contribution in [-0.4, -0.2) is 44.1 Å². The lowest BCUT2D eigenvalue weighted by molar-refractivity contribution is 0.247. The van der Waals surface area contributed by atoms with Gasteiger partial charge in [-0.2, -0.15) is 0 Å². The Hall–Kier alpha value is -0.710. The van der Waals surface area contributed by atoms with Crippen LogP contribution in [0.1, 0.15) is 6.42 Å². The monoisotopic (exact) mass is 211 g/mol. The van der Waals surface area contributed by atoms with E-state index in [-0.39, 0.29) is 18.4 Å². The molecule has 1 rings (SSSR count). The summed E-state index contributed by atoms with van der Waals surface area (Å²) in [7, 11) is 1.84. The Morgan fingerprint density at radius 2 is 2.47 bits per heavy atom. The Morgan fingerprint density at radius 3 is 2.93 bits per heavy atom. The van der Waals surface area contributed by atoms with Crippen LogP contribution in [-0.2, 0) is 0 Å². The SMILES string of the molecule is C=C(C(=N)C1CCNC1)C(CO)CNC. The van der Waals surface area contributed by atoms with E-state index in [0.29, 0.717) is 12.3 Å². The average Bonchev–Trinajstić information content (AvgIpc) is 2.77. The van der Waals surface area contributed by atoms with E-state index in [1.54, 1.807) is 0 Å². The quantitative estimate of drug-likeness (QED) is 0.468. The van der Waals surface area contributed by atoms with Crippen LogP contribution >= 0.6 is 0 Å². The largest absolute Gasteiger partial charge is 0.396 e. The predicted octanol–water partition coefficient (Wildman–Crippen LogP) is -0.000230. The molecule has 0 radical (unpaired) electrons. The summed E-state index contributed by atoms with van der Waals surface area (Å²) in [6.07, 6.45) is 1.01. The number of hydrogen-bond donors (Lipinski definition) is 4. The van der Waals surface area contributed by atoms with Gasteiger partial charge in [-0.15, -0.1) is 0 Å². The van der Waals surface area contributed by atoms with Crippen LogP contribution in [0.25, 0.3) is 0 Å². The summed E-state index contributed by atoms with van der Waals surface area (Å²) in [5.74, 6) is 0.256. The van der Waals surface area contributed by atoms with E-state index in [4.69, 9.17) is 5.41 Å². The van der Waals surface area contributed by atoms with Gasteiger partial charge in [0.15, 0.2) is 0 Å². The zero-order valence-electron chi connectivity index (χ0n) is 9.34. The molecule has 1 saturated heterocycles. The van der Waals surface area contributed by atoms with Crippen LogP contribution in [0.5, 0.6) is 0 Å². The molecule has 15 heavy (non-hydrogen) atoms. The lowest BCUT2D eigenvalue weighted by atomic mass is 9.89. The van der Waals surface area contributed by atoms with Crippen molar-refractivity contribution in [3.05, 3.63) is 12.2 Å². The minimum atomic E-state index is -0.0249. The van der Waals surface area contributed by atoms with Crippen LogP contribution in [0.3, 0.4) is 0 Å². The Balaban J connectivity index is 2.53. The van der Waals surface area contributed by atoms with Gasteiger partial charge in [0.1, 0.15) is 0 Å². The molecule has 0 spiro atoms. The highest BCUT2D eigenvalue weighted by Gasteiger charge is 2.24. The minimum absolute atomic E-state index is 0.0249. The first-order valence-corrected chi connectivity index (χ1v) is 5.44. The van der Waals surface area contributed by atoms with E-state index in [1.165, 1.54) is 0 Å². The number of nitrogens with one attached hydrogen (secondary N) is 3. The van der Waals surface area contributed by atoms with Gasteiger partial charge in [0.05, 0.1) is 6.61 Å². The normalized spacial score (nSPS) is 22.7. The van der Waals surface area contributed by atoms with Gasteiger partial charge < -0.3 is 21.1 Å². The van der Waals surface area contributed by atoms with Crippen molar-refractivity contribution in [3.63, 3.8) is 0 Å². The molecule has 1 heterocycles. The van der Waals surface area contributed by atoms with E-state index in [2.05, 4.69) is 17.2 Å². The highest BCUT2D eigenvalue weighted by atomic mass is 16.3. The van der Waals surface area contributed by atoms with E-state index < -0.39 is 0 Å². The Morgan fingerprint density at radius 1 is 1.73 bits per heavy atom. The first-order chi connectivity index (χ1) is 7.20.